The van der Waals surface area contributed by atoms with Gasteiger partial charge in [0.05, 0.1) is 12.2 Å². The lowest BCUT2D eigenvalue weighted by atomic mass is 9.97. The van der Waals surface area contributed by atoms with Crippen LogP contribution in [0.1, 0.15) is 35.7 Å². The van der Waals surface area contributed by atoms with Crippen molar-refractivity contribution in [3.8, 4) is 0 Å². The van der Waals surface area contributed by atoms with Crippen molar-refractivity contribution in [3.63, 3.8) is 0 Å². The largest absolute Gasteiger partial charge is 0.444 e. The molecule has 0 aliphatic carbocycles. The van der Waals surface area contributed by atoms with Gasteiger partial charge in [0.1, 0.15) is 11.6 Å². The fourth-order valence-corrected chi connectivity index (χ4v) is 4.29. The number of aliphatic imine (C=N–C) groups is 1. The summed E-state index contributed by atoms with van der Waals surface area (Å²) in [7, 11) is 1.80. The molecule has 3 aromatic rings. The Morgan fingerprint density at radius 3 is 2.76 bits per heavy atom. The average molecular weight is 568 g/mol. The third kappa shape index (κ3) is 6.69. The van der Waals surface area contributed by atoms with Crippen molar-refractivity contribution in [1.82, 2.24) is 25.5 Å². The number of aromatic amines is 1. The first kappa shape index (κ1) is 25.5. The monoisotopic (exact) mass is 568 g/mol. The highest BCUT2D eigenvalue weighted by molar-refractivity contribution is 14.0. The van der Waals surface area contributed by atoms with Gasteiger partial charge in [0.2, 0.25) is 5.89 Å². The van der Waals surface area contributed by atoms with E-state index < -0.39 is 0 Å². The van der Waals surface area contributed by atoms with Crippen LogP contribution in [-0.2, 0) is 13.0 Å². The van der Waals surface area contributed by atoms with E-state index in [9.17, 15) is 4.39 Å². The van der Waals surface area contributed by atoms with Crippen LogP contribution >= 0.6 is 24.0 Å². The standard InChI is InChI=1S/C24H33FN6O.HI/c1-16-17(2)32-23(30-16)15-31-10-7-18(8-11-31)13-29-24(26-3)27-9-6-19-14-28-22-12-20(25)4-5-21(19)22;/h4-5,12,14,18,28H,6-11,13,15H2,1-3H3,(H2,26,27,29);1H. The van der Waals surface area contributed by atoms with Crippen molar-refractivity contribution in [3.05, 3.63) is 53.1 Å². The number of aryl methyl sites for hydroxylation is 2. The lowest BCUT2D eigenvalue weighted by Gasteiger charge is -2.31. The molecule has 7 nitrogen and oxygen atoms in total. The smallest absolute Gasteiger partial charge is 0.208 e. The zero-order valence-electron chi connectivity index (χ0n) is 19.6. The Hall–Kier alpha value is -2.14. The van der Waals surface area contributed by atoms with E-state index in [0.29, 0.717) is 5.92 Å². The van der Waals surface area contributed by atoms with Gasteiger partial charge in [-0.1, -0.05) is 0 Å². The quantitative estimate of drug-likeness (QED) is 0.227. The maximum atomic E-state index is 13.4. The minimum atomic E-state index is -0.220. The summed E-state index contributed by atoms with van der Waals surface area (Å²) in [6.45, 7) is 8.53. The zero-order valence-corrected chi connectivity index (χ0v) is 21.9. The highest BCUT2D eigenvalue weighted by Gasteiger charge is 2.21. The Kier molecular flexibility index (Phi) is 9.13. The number of oxazole rings is 1. The molecule has 3 N–H and O–H groups in total. The number of rotatable bonds is 7. The minimum Gasteiger partial charge on any atom is -0.444 e. The molecule has 1 aromatic carbocycles. The first-order valence-electron chi connectivity index (χ1n) is 11.4. The lowest BCUT2D eigenvalue weighted by Crippen LogP contribution is -2.43. The van der Waals surface area contributed by atoms with Gasteiger partial charge in [-0.05, 0) is 75.9 Å². The summed E-state index contributed by atoms with van der Waals surface area (Å²) >= 11 is 0. The molecule has 9 heteroatoms. The van der Waals surface area contributed by atoms with Crippen LogP contribution in [0.25, 0.3) is 10.9 Å². The van der Waals surface area contributed by atoms with E-state index in [1.165, 1.54) is 17.7 Å². The number of likely N-dealkylation sites (tertiary alicyclic amines) is 1. The SMILES string of the molecule is CN=C(NCCc1c[nH]c2cc(F)ccc12)NCC1CCN(Cc2nc(C)c(C)o2)CC1.I. The molecule has 0 saturated carbocycles. The van der Waals surface area contributed by atoms with Gasteiger partial charge in [-0.3, -0.25) is 9.89 Å². The van der Waals surface area contributed by atoms with E-state index in [4.69, 9.17) is 4.42 Å². The van der Waals surface area contributed by atoms with Crippen LogP contribution < -0.4 is 10.6 Å². The highest BCUT2D eigenvalue weighted by atomic mass is 127. The molecule has 0 radical (unpaired) electrons. The van der Waals surface area contributed by atoms with Crippen LogP contribution in [0, 0.1) is 25.6 Å². The second-order valence-corrected chi connectivity index (χ2v) is 8.60. The van der Waals surface area contributed by atoms with Gasteiger partial charge in [0.15, 0.2) is 5.96 Å². The molecule has 1 aliphatic rings. The van der Waals surface area contributed by atoms with Gasteiger partial charge in [-0.2, -0.15) is 0 Å². The number of nitrogens with one attached hydrogen (secondary N) is 3. The Morgan fingerprint density at radius 1 is 1.27 bits per heavy atom. The predicted molar refractivity (Wildman–Crippen MR) is 141 cm³/mol. The highest BCUT2D eigenvalue weighted by Crippen LogP contribution is 2.20. The average Bonchev–Trinajstić information content (AvgIpc) is 3.33. The number of hydrogen-bond donors (Lipinski definition) is 3. The van der Waals surface area contributed by atoms with Crippen LogP contribution in [0.15, 0.2) is 33.8 Å². The number of fused-ring (bicyclic) bond motifs is 1. The fourth-order valence-electron chi connectivity index (χ4n) is 4.29. The molecule has 1 fully saturated rings. The van der Waals surface area contributed by atoms with Crippen molar-refractivity contribution in [2.75, 3.05) is 33.2 Å². The summed E-state index contributed by atoms with van der Waals surface area (Å²) in [5.74, 6) is 2.96. The van der Waals surface area contributed by atoms with E-state index >= 15 is 0 Å². The number of aromatic nitrogens is 2. The topological polar surface area (TPSA) is 81.5 Å². The molecule has 3 heterocycles. The summed E-state index contributed by atoms with van der Waals surface area (Å²) in [5, 5.41) is 7.93. The molecule has 0 bridgehead atoms. The third-order valence-corrected chi connectivity index (χ3v) is 6.34. The number of hydrogen-bond acceptors (Lipinski definition) is 4. The van der Waals surface area contributed by atoms with E-state index in [1.807, 2.05) is 26.1 Å². The van der Waals surface area contributed by atoms with E-state index in [-0.39, 0.29) is 29.8 Å². The molecule has 33 heavy (non-hydrogen) atoms. The van der Waals surface area contributed by atoms with Crippen molar-refractivity contribution in [2.24, 2.45) is 10.9 Å². The molecule has 1 aliphatic heterocycles. The number of guanidine groups is 1. The van der Waals surface area contributed by atoms with Crippen molar-refractivity contribution >= 4 is 40.8 Å². The minimum absolute atomic E-state index is 0. The van der Waals surface area contributed by atoms with Gasteiger partial charge < -0.3 is 20.0 Å². The molecular weight excluding hydrogens is 534 g/mol. The Bertz CT molecular complexity index is 1050. The number of nitrogens with zero attached hydrogens (tertiary/aromatic N) is 3. The molecule has 0 amide bonds. The van der Waals surface area contributed by atoms with Gasteiger partial charge >= 0.3 is 0 Å². The molecule has 180 valence electrons. The zero-order chi connectivity index (χ0) is 22.5. The molecule has 0 spiro atoms. The predicted octanol–water partition coefficient (Wildman–Crippen LogP) is 4.15. The van der Waals surface area contributed by atoms with Crippen LogP contribution in [0.3, 0.4) is 0 Å². The molecule has 1 saturated heterocycles. The Labute approximate surface area is 211 Å². The van der Waals surface area contributed by atoms with Gasteiger partial charge in [0, 0.05) is 37.2 Å². The van der Waals surface area contributed by atoms with Crippen LogP contribution in [0.4, 0.5) is 4.39 Å². The van der Waals surface area contributed by atoms with Crippen LogP contribution in [0.2, 0.25) is 0 Å². The first-order valence-corrected chi connectivity index (χ1v) is 11.4. The molecule has 0 atom stereocenters. The van der Waals surface area contributed by atoms with Crippen molar-refractivity contribution in [2.45, 2.75) is 39.7 Å². The molecule has 2 aromatic heterocycles. The Balaban J connectivity index is 0.00000306. The maximum absolute atomic E-state index is 13.4. The Morgan fingerprint density at radius 2 is 2.06 bits per heavy atom. The van der Waals surface area contributed by atoms with Crippen molar-refractivity contribution < 1.29 is 8.81 Å². The molecule has 0 unspecified atom stereocenters. The summed E-state index contributed by atoms with van der Waals surface area (Å²) in [5.41, 5.74) is 2.99. The third-order valence-electron chi connectivity index (χ3n) is 6.34. The number of benzene rings is 1. The molecular formula is C24H34FIN6O. The normalized spacial score (nSPS) is 15.6. The van der Waals surface area contributed by atoms with E-state index in [2.05, 4.69) is 30.5 Å². The van der Waals surface area contributed by atoms with E-state index in [1.54, 1.807) is 7.05 Å². The first-order chi connectivity index (χ1) is 15.5. The summed E-state index contributed by atoms with van der Waals surface area (Å²) in [4.78, 5) is 14.4. The van der Waals surface area contributed by atoms with E-state index in [0.717, 1.165) is 86.2 Å². The van der Waals surface area contributed by atoms with Gasteiger partial charge in [-0.15, -0.1) is 24.0 Å². The summed E-state index contributed by atoms with van der Waals surface area (Å²) in [6, 6.07) is 4.87. The summed E-state index contributed by atoms with van der Waals surface area (Å²) in [6.07, 6.45) is 5.09. The fraction of sp³-hybridized carbons (Fsp3) is 0.500. The van der Waals surface area contributed by atoms with Crippen LogP contribution in [-0.4, -0.2) is 54.1 Å². The lowest BCUT2D eigenvalue weighted by molar-refractivity contribution is 0.164. The van der Waals surface area contributed by atoms with Gasteiger partial charge in [0.25, 0.3) is 0 Å². The van der Waals surface area contributed by atoms with Gasteiger partial charge in [-0.25, -0.2) is 9.37 Å². The maximum Gasteiger partial charge on any atom is 0.208 e. The number of piperidine rings is 1. The van der Waals surface area contributed by atoms with Crippen LogP contribution in [0.5, 0.6) is 0 Å². The second-order valence-electron chi connectivity index (χ2n) is 8.60. The number of H-pyrrole nitrogens is 1. The number of halogens is 2. The summed E-state index contributed by atoms with van der Waals surface area (Å²) < 4.78 is 19.1. The van der Waals surface area contributed by atoms with Crippen molar-refractivity contribution in [1.29, 1.82) is 0 Å². The second kappa shape index (κ2) is 11.8. The molecule has 4 rings (SSSR count).